The minimum Gasteiger partial charge on any atom is -0.508 e. The summed E-state index contributed by atoms with van der Waals surface area (Å²) >= 11 is 6.09. The Bertz CT molecular complexity index is 747. The van der Waals surface area contributed by atoms with Crippen molar-refractivity contribution in [3.05, 3.63) is 64.8 Å². The van der Waals surface area contributed by atoms with Crippen molar-refractivity contribution in [2.45, 2.75) is 13.1 Å². The topological polar surface area (TPSA) is 51.2 Å². The third-order valence-electron chi connectivity index (χ3n) is 3.44. The van der Waals surface area contributed by atoms with Crippen molar-refractivity contribution in [2.75, 3.05) is 0 Å². The van der Waals surface area contributed by atoms with Crippen LogP contribution in [0, 0.1) is 0 Å². The number of aromatic nitrogens is 1. The fourth-order valence-corrected chi connectivity index (χ4v) is 2.60. The molecule has 1 aromatic heterocycles. The zero-order valence-electron chi connectivity index (χ0n) is 10.9. The molecule has 20 heavy (non-hydrogen) atoms. The van der Waals surface area contributed by atoms with Crippen LogP contribution in [0.4, 0.5) is 0 Å². The van der Waals surface area contributed by atoms with E-state index >= 15 is 0 Å². The van der Waals surface area contributed by atoms with Crippen LogP contribution in [-0.2, 0) is 13.1 Å². The third-order valence-corrected chi connectivity index (χ3v) is 3.67. The second-order valence-electron chi connectivity index (χ2n) is 4.81. The maximum atomic E-state index is 9.33. The molecule has 0 saturated heterocycles. The van der Waals surface area contributed by atoms with Crippen molar-refractivity contribution in [1.82, 2.24) is 4.57 Å². The zero-order chi connectivity index (χ0) is 14.1. The van der Waals surface area contributed by atoms with Crippen LogP contribution in [-0.4, -0.2) is 9.67 Å². The van der Waals surface area contributed by atoms with Gasteiger partial charge in [0.1, 0.15) is 5.75 Å². The molecular weight excluding hydrogens is 272 g/mol. The molecule has 0 saturated carbocycles. The molecule has 0 amide bonds. The highest BCUT2D eigenvalue weighted by atomic mass is 35.5. The first-order valence-electron chi connectivity index (χ1n) is 6.42. The van der Waals surface area contributed by atoms with E-state index in [1.165, 1.54) is 0 Å². The number of halogens is 1. The van der Waals surface area contributed by atoms with E-state index in [0.717, 1.165) is 28.6 Å². The molecule has 3 aromatic rings. The highest BCUT2D eigenvalue weighted by Gasteiger charge is 2.08. The monoisotopic (exact) mass is 286 g/mol. The molecule has 4 heteroatoms. The lowest BCUT2D eigenvalue weighted by atomic mass is 10.2. The first-order valence-corrected chi connectivity index (χ1v) is 6.80. The summed E-state index contributed by atoms with van der Waals surface area (Å²) in [4.78, 5) is 0. The zero-order valence-corrected chi connectivity index (χ0v) is 11.6. The molecule has 0 unspecified atom stereocenters. The van der Waals surface area contributed by atoms with Crippen molar-refractivity contribution < 1.29 is 5.11 Å². The second kappa shape index (κ2) is 5.19. The van der Waals surface area contributed by atoms with Gasteiger partial charge in [0.15, 0.2) is 0 Å². The Hall–Kier alpha value is -1.97. The van der Waals surface area contributed by atoms with Gasteiger partial charge in [0, 0.05) is 29.7 Å². The lowest BCUT2D eigenvalue weighted by molar-refractivity contribution is 0.475. The van der Waals surface area contributed by atoms with Gasteiger partial charge in [-0.3, -0.25) is 0 Å². The number of nitrogens with two attached hydrogens (primary N) is 1. The molecule has 0 radical (unpaired) electrons. The molecule has 1 heterocycles. The summed E-state index contributed by atoms with van der Waals surface area (Å²) in [6.45, 7) is 1.22. The largest absolute Gasteiger partial charge is 0.508 e. The maximum Gasteiger partial charge on any atom is 0.115 e. The van der Waals surface area contributed by atoms with Crippen molar-refractivity contribution in [2.24, 2.45) is 5.73 Å². The highest BCUT2D eigenvalue weighted by molar-refractivity contribution is 6.31. The molecule has 0 aliphatic rings. The van der Waals surface area contributed by atoms with E-state index < -0.39 is 0 Å². The number of nitrogens with zero attached hydrogens (tertiary/aromatic N) is 1. The number of benzene rings is 2. The van der Waals surface area contributed by atoms with Gasteiger partial charge in [0.05, 0.1) is 5.52 Å². The number of phenols is 1. The maximum absolute atomic E-state index is 9.33. The molecular formula is C16H15ClN2O. The Balaban J connectivity index is 2.06. The predicted molar refractivity (Wildman–Crippen MR) is 82.0 cm³/mol. The van der Waals surface area contributed by atoms with Crippen LogP contribution < -0.4 is 5.73 Å². The summed E-state index contributed by atoms with van der Waals surface area (Å²) in [6, 6.07) is 13.1. The number of hydrogen-bond acceptors (Lipinski definition) is 2. The summed E-state index contributed by atoms with van der Waals surface area (Å²) < 4.78 is 2.13. The molecule has 102 valence electrons. The van der Waals surface area contributed by atoms with Gasteiger partial charge in [-0.05, 0) is 35.4 Å². The van der Waals surface area contributed by atoms with E-state index in [1.54, 1.807) is 12.1 Å². The average molecular weight is 287 g/mol. The lowest BCUT2D eigenvalue weighted by Crippen LogP contribution is -1.98. The molecule has 0 aliphatic carbocycles. The standard InChI is InChI=1S/C16H15ClN2O/c17-13-3-6-15-12(8-18)10-19(16(15)7-13)9-11-1-4-14(20)5-2-11/h1-7,10,20H,8-9,18H2. The van der Waals surface area contributed by atoms with Gasteiger partial charge in [-0.2, -0.15) is 0 Å². The van der Waals surface area contributed by atoms with Crippen LogP contribution in [0.2, 0.25) is 5.02 Å². The number of aromatic hydroxyl groups is 1. The normalized spacial score (nSPS) is 11.1. The average Bonchev–Trinajstić information content (AvgIpc) is 2.79. The van der Waals surface area contributed by atoms with Crippen LogP contribution in [0.25, 0.3) is 10.9 Å². The van der Waals surface area contributed by atoms with E-state index in [0.29, 0.717) is 11.6 Å². The van der Waals surface area contributed by atoms with Gasteiger partial charge >= 0.3 is 0 Å². The van der Waals surface area contributed by atoms with Crippen LogP contribution >= 0.6 is 11.6 Å². The van der Waals surface area contributed by atoms with Gasteiger partial charge in [-0.25, -0.2) is 0 Å². The second-order valence-corrected chi connectivity index (χ2v) is 5.25. The Morgan fingerprint density at radius 2 is 1.85 bits per heavy atom. The SMILES string of the molecule is NCc1cn(Cc2ccc(O)cc2)c2cc(Cl)ccc12. The fraction of sp³-hybridized carbons (Fsp3) is 0.125. The van der Waals surface area contributed by atoms with Crippen molar-refractivity contribution in [3.63, 3.8) is 0 Å². The summed E-state index contributed by atoms with van der Waals surface area (Å²) in [5.74, 6) is 0.275. The van der Waals surface area contributed by atoms with E-state index in [2.05, 4.69) is 10.8 Å². The fourth-order valence-electron chi connectivity index (χ4n) is 2.43. The highest BCUT2D eigenvalue weighted by Crippen LogP contribution is 2.25. The van der Waals surface area contributed by atoms with Gasteiger partial charge in [-0.15, -0.1) is 0 Å². The predicted octanol–water partition coefficient (Wildman–Crippen LogP) is 3.51. The van der Waals surface area contributed by atoms with Gasteiger partial charge < -0.3 is 15.4 Å². The number of hydrogen-bond donors (Lipinski definition) is 2. The molecule has 0 spiro atoms. The van der Waals surface area contributed by atoms with E-state index in [9.17, 15) is 5.11 Å². The molecule has 3 N–H and O–H groups in total. The summed E-state index contributed by atoms with van der Waals surface area (Å²) in [6.07, 6.45) is 2.06. The number of phenolic OH excluding ortho intramolecular Hbond substituents is 1. The van der Waals surface area contributed by atoms with E-state index in [-0.39, 0.29) is 5.75 Å². The van der Waals surface area contributed by atoms with Crippen molar-refractivity contribution in [3.8, 4) is 5.75 Å². The van der Waals surface area contributed by atoms with Crippen molar-refractivity contribution in [1.29, 1.82) is 0 Å². The van der Waals surface area contributed by atoms with Gasteiger partial charge in [0.2, 0.25) is 0 Å². The molecule has 0 atom stereocenters. The Kier molecular flexibility index (Phi) is 3.38. The van der Waals surface area contributed by atoms with Gasteiger partial charge in [-0.1, -0.05) is 29.8 Å². The summed E-state index contributed by atoms with van der Waals surface area (Å²) in [5.41, 5.74) is 9.10. The minimum absolute atomic E-state index is 0.275. The first kappa shape index (κ1) is 13.0. The van der Waals surface area contributed by atoms with Crippen LogP contribution in [0.5, 0.6) is 5.75 Å². The third kappa shape index (κ3) is 2.38. The van der Waals surface area contributed by atoms with E-state index in [4.69, 9.17) is 17.3 Å². The molecule has 2 aromatic carbocycles. The van der Waals surface area contributed by atoms with E-state index in [1.807, 2.05) is 30.3 Å². The van der Waals surface area contributed by atoms with Crippen LogP contribution in [0.3, 0.4) is 0 Å². The van der Waals surface area contributed by atoms with Crippen LogP contribution in [0.1, 0.15) is 11.1 Å². The lowest BCUT2D eigenvalue weighted by Gasteiger charge is -2.06. The smallest absolute Gasteiger partial charge is 0.115 e. The minimum atomic E-state index is 0.275. The molecule has 0 bridgehead atoms. The molecule has 0 aliphatic heterocycles. The Labute approximate surface area is 122 Å². The Morgan fingerprint density at radius 1 is 1.10 bits per heavy atom. The molecule has 3 rings (SSSR count). The molecule has 3 nitrogen and oxygen atoms in total. The molecule has 0 fully saturated rings. The van der Waals surface area contributed by atoms with Crippen LogP contribution in [0.15, 0.2) is 48.7 Å². The summed E-state index contributed by atoms with van der Waals surface area (Å²) in [7, 11) is 0. The van der Waals surface area contributed by atoms with Gasteiger partial charge in [0.25, 0.3) is 0 Å². The Morgan fingerprint density at radius 3 is 2.55 bits per heavy atom. The summed E-state index contributed by atoms with van der Waals surface area (Å²) in [5, 5.41) is 11.2. The number of fused-ring (bicyclic) bond motifs is 1. The number of rotatable bonds is 3. The quantitative estimate of drug-likeness (QED) is 0.774. The first-order chi connectivity index (χ1) is 9.67. The van der Waals surface area contributed by atoms with Crippen molar-refractivity contribution >= 4 is 22.5 Å².